The van der Waals surface area contributed by atoms with Gasteiger partial charge in [-0.2, -0.15) is 0 Å². The third-order valence-electron chi connectivity index (χ3n) is 2.26. The molecule has 0 saturated carbocycles. The Labute approximate surface area is 122 Å². The largest absolute Gasteiger partial charge is 0.289 e. The van der Waals surface area contributed by atoms with Crippen LogP contribution in [0, 0.1) is 0 Å². The SMILES string of the molecule is CCCI.O=C(c1ccccc1)c1ccccc1. The summed E-state index contributed by atoms with van der Waals surface area (Å²) in [6.45, 7) is 2.17. The molecule has 0 saturated heterocycles. The molecule has 2 rings (SSSR count). The molecule has 0 spiro atoms. The summed E-state index contributed by atoms with van der Waals surface area (Å²) in [7, 11) is 0. The van der Waals surface area contributed by atoms with Gasteiger partial charge >= 0.3 is 0 Å². The summed E-state index contributed by atoms with van der Waals surface area (Å²) in [4.78, 5) is 11.8. The van der Waals surface area contributed by atoms with Crippen molar-refractivity contribution in [3.8, 4) is 0 Å². The molecule has 0 fully saturated rings. The van der Waals surface area contributed by atoms with Crippen LogP contribution in [-0.4, -0.2) is 10.2 Å². The first kappa shape index (κ1) is 14.9. The lowest BCUT2D eigenvalue weighted by molar-refractivity contribution is 0.103. The minimum Gasteiger partial charge on any atom is -0.289 e. The zero-order valence-corrected chi connectivity index (χ0v) is 12.6. The predicted octanol–water partition coefficient (Wildman–Crippen LogP) is 4.75. The van der Waals surface area contributed by atoms with Gasteiger partial charge in [-0.05, 0) is 10.8 Å². The van der Waals surface area contributed by atoms with Crippen molar-refractivity contribution < 1.29 is 4.79 Å². The van der Waals surface area contributed by atoms with E-state index in [2.05, 4.69) is 29.5 Å². The first-order valence-electron chi connectivity index (χ1n) is 6.00. The fraction of sp³-hybridized carbons (Fsp3) is 0.188. The number of alkyl halides is 1. The summed E-state index contributed by atoms with van der Waals surface area (Å²) < 4.78 is 1.29. The highest BCUT2D eigenvalue weighted by Crippen LogP contribution is 2.08. The molecular weight excluding hydrogens is 335 g/mol. The van der Waals surface area contributed by atoms with Gasteiger partial charge in [-0.3, -0.25) is 4.79 Å². The smallest absolute Gasteiger partial charge is 0.193 e. The second-order valence-corrected chi connectivity index (χ2v) is 4.83. The monoisotopic (exact) mass is 352 g/mol. The van der Waals surface area contributed by atoms with Gasteiger partial charge in [0.1, 0.15) is 0 Å². The van der Waals surface area contributed by atoms with Crippen molar-refractivity contribution in [2.24, 2.45) is 0 Å². The summed E-state index contributed by atoms with van der Waals surface area (Å²) in [6, 6.07) is 18.6. The molecule has 0 unspecified atom stereocenters. The molecule has 0 heterocycles. The van der Waals surface area contributed by atoms with Crippen LogP contribution in [0.1, 0.15) is 29.3 Å². The first-order chi connectivity index (χ1) is 8.79. The van der Waals surface area contributed by atoms with Crippen LogP contribution in [0.15, 0.2) is 60.7 Å². The van der Waals surface area contributed by atoms with Crippen LogP contribution in [0.2, 0.25) is 0 Å². The van der Waals surface area contributed by atoms with E-state index in [1.54, 1.807) is 0 Å². The maximum Gasteiger partial charge on any atom is 0.193 e. The predicted molar refractivity (Wildman–Crippen MR) is 85.5 cm³/mol. The van der Waals surface area contributed by atoms with E-state index in [9.17, 15) is 4.79 Å². The third-order valence-corrected chi connectivity index (χ3v) is 3.34. The number of carbonyl (C=O) groups is 1. The number of carbonyl (C=O) groups excluding carboxylic acids is 1. The van der Waals surface area contributed by atoms with Crippen LogP contribution >= 0.6 is 22.6 Å². The van der Waals surface area contributed by atoms with Gasteiger partial charge < -0.3 is 0 Å². The summed E-state index contributed by atoms with van der Waals surface area (Å²) in [5.41, 5.74) is 1.47. The molecule has 2 aromatic rings. The Balaban J connectivity index is 0.000000357. The van der Waals surface area contributed by atoms with E-state index in [-0.39, 0.29) is 5.78 Å². The Morgan fingerprint density at radius 3 is 1.50 bits per heavy atom. The second-order valence-electron chi connectivity index (χ2n) is 3.75. The van der Waals surface area contributed by atoms with E-state index in [1.807, 2.05) is 60.7 Å². The molecule has 0 N–H and O–H groups in total. The number of halogens is 1. The van der Waals surface area contributed by atoms with Gasteiger partial charge in [-0.15, -0.1) is 0 Å². The van der Waals surface area contributed by atoms with E-state index in [0.717, 1.165) is 11.1 Å². The van der Waals surface area contributed by atoms with Crippen LogP contribution in [0.25, 0.3) is 0 Å². The molecule has 0 radical (unpaired) electrons. The Kier molecular flexibility index (Phi) is 7.34. The minimum absolute atomic E-state index is 0.0752. The average Bonchev–Trinajstić information content (AvgIpc) is 2.48. The molecule has 2 aromatic carbocycles. The molecular formula is C16H17IO. The third kappa shape index (κ3) is 5.00. The second kappa shape index (κ2) is 8.86. The van der Waals surface area contributed by atoms with Crippen molar-refractivity contribution in [2.45, 2.75) is 13.3 Å². The normalized spacial score (nSPS) is 9.22. The topological polar surface area (TPSA) is 17.1 Å². The Morgan fingerprint density at radius 2 is 1.22 bits per heavy atom. The Morgan fingerprint density at radius 1 is 0.889 bits per heavy atom. The lowest BCUT2D eigenvalue weighted by atomic mass is 10.0. The van der Waals surface area contributed by atoms with Crippen molar-refractivity contribution in [3.63, 3.8) is 0 Å². The zero-order valence-electron chi connectivity index (χ0n) is 10.5. The Hall–Kier alpha value is -1.16. The lowest BCUT2D eigenvalue weighted by Gasteiger charge is -1.99. The minimum atomic E-state index is 0.0752. The molecule has 0 aliphatic heterocycles. The van der Waals surface area contributed by atoms with Crippen LogP contribution in [0.4, 0.5) is 0 Å². The van der Waals surface area contributed by atoms with Crippen LogP contribution in [-0.2, 0) is 0 Å². The van der Waals surface area contributed by atoms with Crippen LogP contribution in [0.3, 0.4) is 0 Å². The van der Waals surface area contributed by atoms with E-state index in [0.29, 0.717) is 0 Å². The fourth-order valence-corrected chi connectivity index (χ4v) is 1.35. The number of benzene rings is 2. The van der Waals surface area contributed by atoms with E-state index in [4.69, 9.17) is 0 Å². The van der Waals surface area contributed by atoms with Crippen molar-refractivity contribution in [1.29, 1.82) is 0 Å². The molecule has 94 valence electrons. The van der Waals surface area contributed by atoms with Gasteiger partial charge in [0, 0.05) is 11.1 Å². The molecule has 2 heteroatoms. The number of hydrogen-bond donors (Lipinski definition) is 0. The van der Waals surface area contributed by atoms with E-state index < -0.39 is 0 Å². The van der Waals surface area contributed by atoms with E-state index in [1.165, 1.54) is 10.8 Å². The highest BCUT2D eigenvalue weighted by atomic mass is 127. The van der Waals surface area contributed by atoms with Gasteiger partial charge in [0.15, 0.2) is 5.78 Å². The van der Waals surface area contributed by atoms with Crippen molar-refractivity contribution >= 4 is 28.4 Å². The van der Waals surface area contributed by atoms with Gasteiger partial charge in [0.2, 0.25) is 0 Å². The Bertz CT molecular complexity index is 408. The quantitative estimate of drug-likeness (QED) is 0.443. The average molecular weight is 352 g/mol. The van der Waals surface area contributed by atoms with Crippen LogP contribution in [0.5, 0.6) is 0 Å². The van der Waals surface area contributed by atoms with Crippen molar-refractivity contribution in [2.75, 3.05) is 4.43 Å². The maximum atomic E-state index is 11.8. The molecule has 0 atom stereocenters. The van der Waals surface area contributed by atoms with Crippen LogP contribution < -0.4 is 0 Å². The summed E-state index contributed by atoms with van der Waals surface area (Å²) in [5, 5.41) is 0. The molecule has 18 heavy (non-hydrogen) atoms. The van der Waals surface area contributed by atoms with Gasteiger partial charge in [-0.25, -0.2) is 0 Å². The summed E-state index contributed by atoms with van der Waals surface area (Å²) >= 11 is 2.35. The highest BCUT2D eigenvalue weighted by Gasteiger charge is 2.06. The summed E-state index contributed by atoms with van der Waals surface area (Å²) in [5.74, 6) is 0.0752. The summed E-state index contributed by atoms with van der Waals surface area (Å²) in [6.07, 6.45) is 1.31. The standard InChI is InChI=1S/C13H10O.C3H7I/c14-13(11-7-3-1-4-8-11)12-9-5-2-6-10-12;1-2-3-4/h1-10H;2-3H2,1H3. The van der Waals surface area contributed by atoms with Gasteiger partial charge in [0.05, 0.1) is 0 Å². The highest BCUT2D eigenvalue weighted by molar-refractivity contribution is 14.1. The maximum absolute atomic E-state index is 11.8. The molecule has 0 bridgehead atoms. The van der Waals surface area contributed by atoms with Gasteiger partial charge in [0.25, 0.3) is 0 Å². The molecule has 0 aliphatic carbocycles. The fourth-order valence-electron chi connectivity index (χ4n) is 1.35. The molecule has 0 aromatic heterocycles. The lowest BCUT2D eigenvalue weighted by Crippen LogP contribution is -1.99. The number of rotatable bonds is 3. The van der Waals surface area contributed by atoms with Gasteiger partial charge in [-0.1, -0.05) is 90.2 Å². The number of hydrogen-bond acceptors (Lipinski definition) is 1. The zero-order chi connectivity index (χ0) is 13.2. The first-order valence-corrected chi connectivity index (χ1v) is 7.53. The van der Waals surface area contributed by atoms with Crippen molar-refractivity contribution in [3.05, 3.63) is 71.8 Å². The number of ketones is 1. The molecule has 0 amide bonds. The van der Waals surface area contributed by atoms with Crippen molar-refractivity contribution in [1.82, 2.24) is 0 Å². The molecule has 0 aliphatic rings. The van der Waals surface area contributed by atoms with E-state index >= 15 is 0 Å². The molecule has 1 nitrogen and oxygen atoms in total.